The van der Waals surface area contributed by atoms with Gasteiger partial charge in [-0.3, -0.25) is 4.79 Å². The summed E-state index contributed by atoms with van der Waals surface area (Å²) in [5, 5.41) is 8.48. The lowest BCUT2D eigenvalue weighted by Gasteiger charge is -1.96. The Bertz CT molecular complexity index is 307. The summed E-state index contributed by atoms with van der Waals surface area (Å²) in [4.78, 5) is 10.3. The minimum absolute atomic E-state index is 0.284. The van der Waals surface area contributed by atoms with Gasteiger partial charge in [-0.25, -0.2) is 0 Å². The highest BCUT2D eigenvalue weighted by Gasteiger charge is 1.93. The predicted molar refractivity (Wildman–Crippen MR) is 85.6 cm³/mol. The zero-order valence-corrected chi connectivity index (χ0v) is 13.0. The van der Waals surface area contributed by atoms with Gasteiger partial charge in [-0.05, 0) is 25.7 Å². The summed E-state index contributed by atoms with van der Waals surface area (Å²) in [5.41, 5.74) is 0. The van der Waals surface area contributed by atoms with Crippen molar-refractivity contribution in [1.82, 2.24) is 0 Å². The molecule has 0 radical (unpaired) electrons. The Kier molecular flexibility index (Phi) is 14.9. The largest absolute Gasteiger partial charge is 0.481 e. The molecule has 0 atom stereocenters. The highest BCUT2D eigenvalue weighted by molar-refractivity contribution is 5.66. The van der Waals surface area contributed by atoms with Gasteiger partial charge in [0.1, 0.15) is 0 Å². The third-order valence-electron chi connectivity index (χ3n) is 3.18. The molecule has 0 aliphatic heterocycles. The van der Waals surface area contributed by atoms with Crippen molar-refractivity contribution < 1.29 is 9.90 Å². The molecule has 20 heavy (non-hydrogen) atoms. The van der Waals surface area contributed by atoms with E-state index in [-0.39, 0.29) is 6.42 Å². The quantitative estimate of drug-likeness (QED) is 0.297. The van der Waals surface area contributed by atoms with Gasteiger partial charge >= 0.3 is 5.97 Å². The standard InChI is InChI=1S/C18H30O2/c1-2-3-4-5-6-7-8-9-10-11-12-13-14-15-16-17-18(19)20/h12-13H,2-8,11,14-17H2,1H3,(H,19,20). The van der Waals surface area contributed by atoms with Crippen molar-refractivity contribution in [3.05, 3.63) is 12.2 Å². The fourth-order valence-electron chi connectivity index (χ4n) is 1.95. The van der Waals surface area contributed by atoms with Crippen LogP contribution in [0.4, 0.5) is 0 Å². The third kappa shape index (κ3) is 16.8. The van der Waals surface area contributed by atoms with E-state index in [0.29, 0.717) is 0 Å². The van der Waals surface area contributed by atoms with Gasteiger partial charge < -0.3 is 5.11 Å². The maximum atomic E-state index is 10.3. The second-order valence-corrected chi connectivity index (χ2v) is 5.19. The van der Waals surface area contributed by atoms with Crippen LogP contribution in [-0.4, -0.2) is 11.1 Å². The summed E-state index contributed by atoms with van der Waals surface area (Å²) in [6.07, 6.45) is 17.0. The van der Waals surface area contributed by atoms with E-state index in [1.165, 1.54) is 38.5 Å². The number of hydrogen-bond donors (Lipinski definition) is 1. The zero-order valence-electron chi connectivity index (χ0n) is 13.0. The summed E-state index contributed by atoms with van der Waals surface area (Å²) in [7, 11) is 0. The highest BCUT2D eigenvalue weighted by Crippen LogP contribution is 2.06. The van der Waals surface area contributed by atoms with E-state index < -0.39 is 5.97 Å². The lowest BCUT2D eigenvalue weighted by molar-refractivity contribution is -0.137. The SMILES string of the molecule is CCCCCCCCC#CCC=CCCCCC(=O)O. The summed E-state index contributed by atoms with van der Waals surface area (Å²) in [6.45, 7) is 2.24. The topological polar surface area (TPSA) is 37.3 Å². The van der Waals surface area contributed by atoms with Crippen molar-refractivity contribution >= 4 is 5.97 Å². The number of carbonyl (C=O) groups is 1. The van der Waals surface area contributed by atoms with E-state index in [1.807, 2.05) is 0 Å². The molecular weight excluding hydrogens is 248 g/mol. The highest BCUT2D eigenvalue weighted by atomic mass is 16.4. The van der Waals surface area contributed by atoms with Gasteiger partial charge in [-0.15, -0.1) is 5.92 Å². The van der Waals surface area contributed by atoms with Crippen molar-refractivity contribution in [3.8, 4) is 11.8 Å². The molecule has 0 bridgehead atoms. The van der Waals surface area contributed by atoms with Crippen LogP contribution in [0.15, 0.2) is 12.2 Å². The monoisotopic (exact) mass is 278 g/mol. The molecule has 0 rings (SSSR count). The molecule has 114 valence electrons. The van der Waals surface area contributed by atoms with E-state index in [0.717, 1.165) is 32.1 Å². The van der Waals surface area contributed by atoms with Crippen LogP contribution in [0.2, 0.25) is 0 Å². The first-order chi connectivity index (χ1) is 9.77. The molecular formula is C18H30O2. The Balaban J connectivity index is 3.25. The molecule has 0 fully saturated rings. The Morgan fingerprint density at radius 2 is 1.70 bits per heavy atom. The zero-order chi connectivity index (χ0) is 14.9. The average molecular weight is 278 g/mol. The molecule has 0 saturated heterocycles. The molecule has 0 unspecified atom stereocenters. The minimum Gasteiger partial charge on any atom is -0.481 e. The fourth-order valence-corrected chi connectivity index (χ4v) is 1.95. The molecule has 0 aromatic heterocycles. The number of carboxylic acid groups (broad SMARTS) is 1. The third-order valence-corrected chi connectivity index (χ3v) is 3.18. The van der Waals surface area contributed by atoms with Gasteiger partial charge in [0.25, 0.3) is 0 Å². The first kappa shape index (κ1) is 18.8. The van der Waals surface area contributed by atoms with Crippen LogP contribution in [-0.2, 0) is 4.79 Å². The summed E-state index contributed by atoms with van der Waals surface area (Å²) in [5.74, 6) is 5.68. The van der Waals surface area contributed by atoms with Gasteiger partial charge in [-0.1, -0.05) is 57.1 Å². The normalized spacial score (nSPS) is 10.4. The minimum atomic E-state index is -0.699. The maximum absolute atomic E-state index is 10.3. The van der Waals surface area contributed by atoms with Crippen molar-refractivity contribution in [2.24, 2.45) is 0 Å². The predicted octanol–water partition coefficient (Wildman–Crippen LogP) is 5.33. The van der Waals surface area contributed by atoms with Crippen LogP contribution in [0.5, 0.6) is 0 Å². The van der Waals surface area contributed by atoms with Crippen molar-refractivity contribution in [2.75, 3.05) is 0 Å². The smallest absolute Gasteiger partial charge is 0.303 e. The number of aliphatic carboxylic acids is 1. The van der Waals surface area contributed by atoms with Gasteiger partial charge in [0.05, 0.1) is 0 Å². The molecule has 0 saturated carbocycles. The molecule has 0 aliphatic rings. The van der Waals surface area contributed by atoms with Gasteiger partial charge in [0, 0.05) is 19.3 Å². The van der Waals surface area contributed by atoms with Gasteiger partial charge in [-0.2, -0.15) is 0 Å². The van der Waals surface area contributed by atoms with Crippen molar-refractivity contribution in [2.45, 2.75) is 84.0 Å². The Morgan fingerprint density at radius 3 is 2.45 bits per heavy atom. The van der Waals surface area contributed by atoms with Crippen LogP contribution in [0, 0.1) is 11.8 Å². The average Bonchev–Trinajstić information content (AvgIpc) is 2.43. The summed E-state index contributed by atoms with van der Waals surface area (Å²) in [6, 6.07) is 0. The van der Waals surface area contributed by atoms with Crippen LogP contribution < -0.4 is 0 Å². The van der Waals surface area contributed by atoms with Crippen molar-refractivity contribution in [1.29, 1.82) is 0 Å². The number of rotatable bonds is 12. The Morgan fingerprint density at radius 1 is 0.950 bits per heavy atom. The number of unbranched alkanes of at least 4 members (excludes halogenated alkanes) is 8. The molecule has 0 amide bonds. The Labute approximate surface area is 124 Å². The van der Waals surface area contributed by atoms with Crippen LogP contribution in [0.1, 0.15) is 84.0 Å². The summed E-state index contributed by atoms with van der Waals surface area (Å²) >= 11 is 0. The van der Waals surface area contributed by atoms with E-state index in [9.17, 15) is 4.79 Å². The first-order valence-electron chi connectivity index (χ1n) is 8.10. The number of hydrogen-bond acceptors (Lipinski definition) is 1. The van der Waals surface area contributed by atoms with E-state index in [2.05, 4.69) is 30.9 Å². The van der Waals surface area contributed by atoms with Crippen LogP contribution in [0.3, 0.4) is 0 Å². The maximum Gasteiger partial charge on any atom is 0.303 e. The second-order valence-electron chi connectivity index (χ2n) is 5.19. The Hall–Kier alpha value is -1.23. The van der Waals surface area contributed by atoms with Crippen LogP contribution in [0.25, 0.3) is 0 Å². The van der Waals surface area contributed by atoms with Crippen molar-refractivity contribution in [3.63, 3.8) is 0 Å². The van der Waals surface area contributed by atoms with Gasteiger partial charge in [0.15, 0.2) is 0 Å². The molecule has 0 spiro atoms. The molecule has 0 aromatic carbocycles. The molecule has 2 nitrogen and oxygen atoms in total. The lowest BCUT2D eigenvalue weighted by Crippen LogP contribution is -1.92. The fraction of sp³-hybridized carbons (Fsp3) is 0.722. The molecule has 0 aromatic rings. The molecule has 2 heteroatoms. The van der Waals surface area contributed by atoms with E-state index in [1.54, 1.807) is 0 Å². The second kappa shape index (κ2) is 15.8. The molecule has 1 N–H and O–H groups in total. The first-order valence-corrected chi connectivity index (χ1v) is 8.10. The molecule has 0 heterocycles. The number of carboxylic acids is 1. The molecule has 0 aliphatic carbocycles. The van der Waals surface area contributed by atoms with E-state index >= 15 is 0 Å². The summed E-state index contributed by atoms with van der Waals surface area (Å²) < 4.78 is 0. The number of allylic oxidation sites excluding steroid dienone is 2. The van der Waals surface area contributed by atoms with Crippen LogP contribution >= 0.6 is 0 Å². The lowest BCUT2D eigenvalue weighted by atomic mass is 10.1. The van der Waals surface area contributed by atoms with E-state index in [4.69, 9.17) is 5.11 Å². The van der Waals surface area contributed by atoms with Gasteiger partial charge in [0.2, 0.25) is 0 Å².